The summed E-state index contributed by atoms with van der Waals surface area (Å²) in [7, 11) is 0. The molecule has 2 amide bonds. The van der Waals surface area contributed by atoms with E-state index in [-0.39, 0.29) is 11.8 Å². The molecule has 0 radical (unpaired) electrons. The summed E-state index contributed by atoms with van der Waals surface area (Å²) < 4.78 is 5.65. The molecule has 8 heteroatoms. The normalized spacial score (nSPS) is 13.8. The molecule has 0 bridgehead atoms. The molecule has 4 N–H and O–H groups in total. The Morgan fingerprint density at radius 1 is 0.811 bits per heavy atom. The Hall–Kier alpha value is -4.14. The van der Waals surface area contributed by atoms with Crippen LogP contribution in [0.3, 0.4) is 0 Å². The lowest BCUT2D eigenvalue weighted by Crippen LogP contribution is -2.49. The fourth-order valence-electron chi connectivity index (χ4n) is 4.41. The van der Waals surface area contributed by atoms with Crippen molar-refractivity contribution in [1.29, 1.82) is 0 Å². The summed E-state index contributed by atoms with van der Waals surface area (Å²) in [6.07, 6.45) is 0. The van der Waals surface area contributed by atoms with Crippen molar-refractivity contribution < 1.29 is 14.0 Å². The minimum atomic E-state index is -1.15. The zero-order chi connectivity index (χ0) is 26.7. The van der Waals surface area contributed by atoms with E-state index in [0.29, 0.717) is 27.6 Å². The van der Waals surface area contributed by atoms with E-state index in [9.17, 15) is 14.4 Å². The first-order valence-corrected chi connectivity index (χ1v) is 12.1. The van der Waals surface area contributed by atoms with Gasteiger partial charge in [-0.05, 0) is 35.6 Å². The van der Waals surface area contributed by atoms with E-state index in [4.69, 9.17) is 15.9 Å². The zero-order valence-corrected chi connectivity index (χ0v) is 21.0. The van der Waals surface area contributed by atoms with Crippen molar-refractivity contribution in [3.63, 3.8) is 0 Å². The Kier molecular flexibility index (Phi) is 7.61. The smallest absolute Gasteiger partial charge is 0.347 e. The van der Waals surface area contributed by atoms with Gasteiger partial charge in [-0.25, -0.2) is 9.78 Å². The Morgan fingerprint density at radius 2 is 1.32 bits per heavy atom. The molecule has 1 heterocycles. The lowest BCUT2D eigenvalue weighted by molar-refractivity contribution is -0.152. The van der Waals surface area contributed by atoms with Crippen LogP contribution in [0, 0.1) is 12.8 Å². The highest BCUT2D eigenvalue weighted by molar-refractivity contribution is 6.01. The molecule has 4 aromatic rings. The average Bonchev–Trinajstić information content (AvgIpc) is 2.90. The van der Waals surface area contributed by atoms with Gasteiger partial charge < -0.3 is 15.9 Å². The van der Waals surface area contributed by atoms with E-state index in [2.05, 4.69) is 4.98 Å². The Balaban J connectivity index is 1.87. The van der Waals surface area contributed by atoms with Gasteiger partial charge in [-0.3, -0.25) is 14.5 Å². The predicted molar refractivity (Wildman–Crippen MR) is 141 cm³/mol. The maximum atomic E-state index is 13.9. The summed E-state index contributed by atoms with van der Waals surface area (Å²) in [6, 6.07) is 19.4. The minimum absolute atomic E-state index is 0.0553. The van der Waals surface area contributed by atoms with Gasteiger partial charge in [-0.1, -0.05) is 86.6 Å². The van der Waals surface area contributed by atoms with Crippen molar-refractivity contribution in [2.75, 3.05) is 0 Å². The van der Waals surface area contributed by atoms with Gasteiger partial charge in [0.25, 0.3) is 11.8 Å². The topological polar surface area (TPSA) is 133 Å². The quantitative estimate of drug-likeness (QED) is 0.394. The number of amides is 2. The molecule has 3 atom stereocenters. The van der Waals surface area contributed by atoms with Crippen LogP contribution >= 0.6 is 0 Å². The number of nitrogens with two attached hydrogens (primary N) is 2. The highest BCUT2D eigenvalue weighted by atomic mass is 16.4. The molecule has 4 rings (SSSR count). The van der Waals surface area contributed by atoms with Gasteiger partial charge in [0.1, 0.15) is 18.1 Å². The van der Waals surface area contributed by atoms with Crippen molar-refractivity contribution >= 4 is 22.7 Å². The molecule has 0 aliphatic carbocycles. The molecule has 0 spiro atoms. The molecule has 1 aromatic heterocycles. The molecule has 0 fully saturated rings. The van der Waals surface area contributed by atoms with E-state index >= 15 is 0 Å². The van der Waals surface area contributed by atoms with Crippen LogP contribution in [-0.4, -0.2) is 21.7 Å². The number of carbonyl (C=O) groups excluding carboxylic acids is 2. The number of hydrogen-bond acceptors (Lipinski definition) is 7. The van der Waals surface area contributed by atoms with Crippen LogP contribution < -0.4 is 17.1 Å². The first-order chi connectivity index (χ1) is 17.7. The van der Waals surface area contributed by atoms with Gasteiger partial charge in [-0.2, -0.15) is 0 Å². The highest BCUT2D eigenvalue weighted by Gasteiger charge is 2.41. The molecular formula is C29H30N4O4. The number of hydrogen-bond donors (Lipinski definition) is 2. The van der Waals surface area contributed by atoms with Crippen LogP contribution in [-0.2, 0) is 9.59 Å². The van der Waals surface area contributed by atoms with Gasteiger partial charge in [0.15, 0.2) is 0 Å². The molecular weight excluding hydrogens is 468 g/mol. The number of rotatable bonds is 7. The third kappa shape index (κ3) is 5.21. The second-order valence-corrected chi connectivity index (χ2v) is 9.32. The van der Waals surface area contributed by atoms with Gasteiger partial charge in [0, 0.05) is 0 Å². The van der Waals surface area contributed by atoms with Crippen LogP contribution in [0.2, 0.25) is 0 Å². The second-order valence-electron chi connectivity index (χ2n) is 9.32. The third-order valence-electron chi connectivity index (χ3n) is 6.37. The SMILES string of the molecule is Cc1cccc2nc([C@H](C(C)C)N(C(=O)C(N)c3ccccc3)C(=O)C(N)c3ccccc3)oc(=O)c12. The number of carbonyl (C=O) groups is 2. The van der Waals surface area contributed by atoms with Crippen molar-refractivity contribution in [3.8, 4) is 0 Å². The average molecular weight is 499 g/mol. The molecule has 0 aliphatic rings. The van der Waals surface area contributed by atoms with Gasteiger partial charge >= 0.3 is 5.63 Å². The molecule has 190 valence electrons. The Labute approximate surface area is 214 Å². The lowest BCUT2D eigenvalue weighted by Gasteiger charge is -2.34. The van der Waals surface area contributed by atoms with Gasteiger partial charge in [0.05, 0.1) is 10.9 Å². The van der Waals surface area contributed by atoms with Gasteiger partial charge in [-0.15, -0.1) is 0 Å². The molecule has 0 saturated carbocycles. The summed E-state index contributed by atoms with van der Waals surface area (Å²) in [4.78, 5) is 46.4. The first-order valence-electron chi connectivity index (χ1n) is 12.1. The van der Waals surface area contributed by atoms with Gasteiger partial charge in [0.2, 0.25) is 5.89 Å². The van der Waals surface area contributed by atoms with E-state index in [0.717, 1.165) is 4.90 Å². The number of aromatic nitrogens is 1. The summed E-state index contributed by atoms with van der Waals surface area (Å²) in [6.45, 7) is 5.41. The van der Waals surface area contributed by atoms with Crippen LogP contribution in [0.1, 0.15) is 54.6 Å². The number of aryl methyl sites for hydroxylation is 1. The Bertz CT molecular complexity index is 1410. The standard InChI is InChI=1S/C29H30N4O4/c1-17(2)25(26-32-21-16-10-11-18(3)22(21)29(36)37-26)33(27(34)23(30)19-12-6-4-7-13-19)28(35)24(31)20-14-8-5-9-15-20/h4-17,23-25H,30-31H2,1-3H3/t23?,24?,25-/m0/s1. The molecule has 37 heavy (non-hydrogen) atoms. The van der Waals surface area contributed by atoms with E-state index < -0.39 is 35.6 Å². The number of imide groups is 1. The maximum absolute atomic E-state index is 13.9. The summed E-state index contributed by atoms with van der Waals surface area (Å²) in [5.41, 5.74) is 14.3. The fourth-order valence-corrected chi connectivity index (χ4v) is 4.41. The van der Waals surface area contributed by atoms with Crippen molar-refractivity contribution in [3.05, 3.63) is 112 Å². The van der Waals surface area contributed by atoms with Crippen molar-refractivity contribution in [2.24, 2.45) is 17.4 Å². The van der Waals surface area contributed by atoms with E-state index in [1.54, 1.807) is 73.7 Å². The number of nitrogens with zero attached hydrogens (tertiary/aromatic N) is 2. The van der Waals surface area contributed by atoms with E-state index in [1.807, 2.05) is 26.0 Å². The van der Waals surface area contributed by atoms with Crippen LogP contribution in [0.15, 0.2) is 88.1 Å². The number of benzene rings is 3. The lowest BCUT2D eigenvalue weighted by atomic mass is 9.96. The summed E-state index contributed by atoms with van der Waals surface area (Å²) in [5, 5.41) is 0.347. The highest BCUT2D eigenvalue weighted by Crippen LogP contribution is 2.32. The van der Waals surface area contributed by atoms with E-state index in [1.165, 1.54) is 0 Å². The first kappa shape index (κ1) is 25.9. The number of fused-ring (bicyclic) bond motifs is 1. The van der Waals surface area contributed by atoms with Crippen LogP contribution in [0.4, 0.5) is 0 Å². The van der Waals surface area contributed by atoms with Crippen LogP contribution in [0.25, 0.3) is 10.9 Å². The second kappa shape index (κ2) is 10.9. The molecule has 0 saturated heterocycles. The monoisotopic (exact) mass is 498 g/mol. The maximum Gasteiger partial charge on any atom is 0.347 e. The molecule has 0 aliphatic heterocycles. The largest absolute Gasteiger partial charge is 0.406 e. The summed E-state index contributed by atoms with van der Waals surface area (Å²) in [5.74, 6) is -1.78. The Morgan fingerprint density at radius 3 is 1.81 bits per heavy atom. The fraction of sp³-hybridized carbons (Fsp3) is 0.241. The zero-order valence-electron chi connectivity index (χ0n) is 21.0. The molecule has 8 nitrogen and oxygen atoms in total. The minimum Gasteiger partial charge on any atom is -0.406 e. The predicted octanol–water partition coefficient (Wildman–Crippen LogP) is 3.95. The third-order valence-corrected chi connectivity index (χ3v) is 6.37. The molecule has 2 unspecified atom stereocenters. The van der Waals surface area contributed by atoms with Crippen molar-refractivity contribution in [1.82, 2.24) is 9.88 Å². The summed E-state index contributed by atoms with van der Waals surface area (Å²) >= 11 is 0. The van der Waals surface area contributed by atoms with Crippen LogP contribution in [0.5, 0.6) is 0 Å². The molecule has 3 aromatic carbocycles. The van der Waals surface area contributed by atoms with Crippen molar-refractivity contribution in [2.45, 2.75) is 38.9 Å².